The smallest absolute Gasteiger partial charge is 0.163 e. The lowest BCUT2D eigenvalue weighted by Gasteiger charge is -2.14. The molecule has 0 atom stereocenters. The maximum Gasteiger partial charge on any atom is 0.163 e. The Hall–Kier alpha value is -1.18. The van der Waals surface area contributed by atoms with E-state index in [0.29, 0.717) is 0 Å². The molecule has 0 radical (unpaired) electrons. The quantitative estimate of drug-likeness (QED) is 0.712. The first-order chi connectivity index (χ1) is 6.15. The van der Waals surface area contributed by atoms with Crippen LogP contribution >= 0.6 is 0 Å². The van der Waals surface area contributed by atoms with Crippen LogP contribution in [0.2, 0.25) is 0 Å². The third-order valence-electron chi connectivity index (χ3n) is 1.74. The highest BCUT2D eigenvalue weighted by atomic mass is 16.5. The molecule has 1 aromatic carbocycles. The Labute approximate surface area is 79.5 Å². The Morgan fingerprint density at radius 1 is 1.23 bits per heavy atom. The Bertz CT molecular complexity index is 279. The Morgan fingerprint density at radius 2 is 1.92 bits per heavy atom. The molecule has 1 rings (SSSR count). The van der Waals surface area contributed by atoms with Crippen molar-refractivity contribution in [2.24, 2.45) is 0 Å². The molecule has 0 aromatic heterocycles. The van der Waals surface area contributed by atoms with Gasteiger partial charge in [-0.2, -0.15) is 0 Å². The van der Waals surface area contributed by atoms with E-state index >= 15 is 0 Å². The molecule has 0 aliphatic carbocycles. The van der Waals surface area contributed by atoms with Crippen LogP contribution in [0.5, 0.6) is 11.5 Å². The first kappa shape index (κ1) is 9.90. The van der Waals surface area contributed by atoms with E-state index in [1.54, 1.807) is 7.11 Å². The van der Waals surface area contributed by atoms with Gasteiger partial charge in [-0.25, -0.2) is 0 Å². The fourth-order valence-electron chi connectivity index (χ4n) is 1.23. The average molecular weight is 180 g/mol. The summed E-state index contributed by atoms with van der Waals surface area (Å²) < 4.78 is 10.8. The topological polar surface area (TPSA) is 18.5 Å². The number of rotatable bonds is 3. The number of hydrogen-bond acceptors (Lipinski definition) is 2. The summed E-state index contributed by atoms with van der Waals surface area (Å²) in [5, 5.41) is 0. The van der Waals surface area contributed by atoms with Crippen molar-refractivity contribution in [3.05, 3.63) is 23.8 Å². The van der Waals surface area contributed by atoms with Crippen molar-refractivity contribution in [3.63, 3.8) is 0 Å². The minimum Gasteiger partial charge on any atom is -0.493 e. The van der Waals surface area contributed by atoms with Gasteiger partial charge in [0.15, 0.2) is 11.5 Å². The average Bonchev–Trinajstić information content (AvgIpc) is 2.03. The SMILES string of the molecule is COc1c(C)cccc1OC(C)C. The molecule has 0 saturated heterocycles. The predicted octanol–water partition coefficient (Wildman–Crippen LogP) is 2.79. The maximum atomic E-state index is 5.59. The zero-order chi connectivity index (χ0) is 9.84. The van der Waals surface area contributed by atoms with Crippen molar-refractivity contribution in [2.45, 2.75) is 26.9 Å². The number of ether oxygens (including phenoxy) is 2. The number of methoxy groups -OCH3 is 1. The second kappa shape index (κ2) is 4.17. The van der Waals surface area contributed by atoms with Crippen molar-refractivity contribution in [1.82, 2.24) is 0 Å². The van der Waals surface area contributed by atoms with E-state index in [1.807, 2.05) is 39.0 Å². The monoisotopic (exact) mass is 180 g/mol. The van der Waals surface area contributed by atoms with E-state index in [0.717, 1.165) is 17.1 Å². The van der Waals surface area contributed by atoms with E-state index in [4.69, 9.17) is 9.47 Å². The lowest BCUT2D eigenvalue weighted by atomic mass is 10.2. The molecule has 0 spiro atoms. The van der Waals surface area contributed by atoms with Gasteiger partial charge in [-0.3, -0.25) is 0 Å². The van der Waals surface area contributed by atoms with Crippen LogP contribution < -0.4 is 9.47 Å². The van der Waals surface area contributed by atoms with Gasteiger partial charge in [0.2, 0.25) is 0 Å². The molecule has 0 unspecified atom stereocenters. The molecule has 0 fully saturated rings. The summed E-state index contributed by atoms with van der Waals surface area (Å²) in [5.41, 5.74) is 1.10. The van der Waals surface area contributed by atoms with Gasteiger partial charge in [0, 0.05) is 0 Å². The minimum atomic E-state index is 0.177. The summed E-state index contributed by atoms with van der Waals surface area (Å²) in [7, 11) is 1.66. The molecular formula is C11H16O2. The first-order valence-corrected chi connectivity index (χ1v) is 4.45. The third-order valence-corrected chi connectivity index (χ3v) is 1.74. The fraction of sp³-hybridized carbons (Fsp3) is 0.455. The molecule has 0 aliphatic heterocycles. The normalized spacial score (nSPS) is 10.2. The Kier molecular flexibility index (Phi) is 3.18. The molecule has 1 aromatic rings. The number of aryl methyl sites for hydroxylation is 1. The molecule has 0 saturated carbocycles. The fourth-order valence-corrected chi connectivity index (χ4v) is 1.23. The van der Waals surface area contributed by atoms with E-state index in [1.165, 1.54) is 0 Å². The summed E-state index contributed by atoms with van der Waals surface area (Å²) in [4.78, 5) is 0. The molecule has 0 amide bonds. The van der Waals surface area contributed by atoms with Gasteiger partial charge in [-0.05, 0) is 32.4 Å². The molecule has 0 bridgehead atoms. The molecule has 0 aliphatic rings. The lowest BCUT2D eigenvalue weighted by molar-refractivity contribution is 0.229. The van der Waals surface area contributed by atoms with Crippen LogP contribution in [0.1, 0.15) is 19.4 Å². The second-order valence-corrected chi connectivity index (χ2v) is 3.27. The zero-order valence-electron chi connectivity index (χ0n) is 8.63. The van der Waals surface area contributed by atoms with Gasteiger partial charge in [-0.15, -0.1) is 0 Å². The highest BCUT2D eigenvalue weighted by Crippen LogP contribution is 2.30. The predicted molar refractivity (Wildman–Crippen MR) is 53.5 cm³/mol. The van der Waals surface area contributed by atoms with Gasteiger partial charge in [0.1, 0.15) is 0 Å². The molecule has 13 heavy (non-hydrogen) atoms. The van der Waals surface area contributed by atoms with Crippen molar-refractivity contribution in [3.8, 4) is 11.5 Å². The van der Waals surface area contributed by atoms with E-state index in [2.05, 4.69) is 0 Å². The minimum absolute atomic E-state index is 0.177. The van der Waals surface area contributed by atoms with Gasteiger partial charge in [0.25, 0.3) is 0 Å². The molecular weight excluding hydrogens is 164 g/mol. The van der Waals surface area contributed by atoms with Crippen LogP contribution in [0.3, 0.4) is 0 Å². The van der Waals surface area contributed by atoms with Crippen LogP contribution in [0, 0.1) is 6.92 Å². The van der Waals surface area contributed by atoms with Crippen LogP contribution in [0.25, 0.3) is 0 Å². The van der Waals surface area contributed by atoms with Crippen molar-refractivity contribution >= 4 is 0 Å². The van der Waals surface area contributed by atoms with E-state index < -0.39 is 0 Å². The zero-order valence-corrected chi connectivity index (χ0v) is 8.63. The van der Waals surface area contributed by atoms with Gasteiger partial charge >= 0.3 is 0 Å². The van der Waals surface area contributed by atoms with Gasteiger partial charge in [0.05, 0.1) is 13.2 Å². The maximum absolute atomic E-state index is 5.59. The third kappa shape index (κ3) is 2.38. The Morgan fingerprint density at radius 3 is 2.46 bits per heavy atom. The van der Waals surface area contributed by atoms with Crippen LogP contribution in [-0.4, -0.2) is 13.2 Å². The van der Waals surface area contributed by atoms with Gasteiger partial charge < -0.3 is 9.47 Å². The van der Waals surface area contributed by atoms with E-state index in [-0.39, 0.29) is 6.10 Å². The summed E-state index contributed by atoms with van der Waals surface area (Å²) in [5.74, 6) is 1.65. The largest absolute Gasteiger partial charge is 0.493 e. The second-order valence-electron chi connectivity index (χ2n) is 3.27. The van der Waals surface area contributed by atoms with Gasteiger partial charge in [-0.1, -0.05) is 12.1 Å². The molecule has 2 nitrogen and oxygen atoms in total. The number of benzene rings is 1. The first-order valence-electron chi connectivity index (χ1n) is 4.45. The van der Waals surface area contributed by atoms with Crippen LogP contribution in [0.15, 0.2) is 18.2 Å². The molecule has 0 N–H and O–H groups in total. The highest BCUT2D eigenvalue weighted by molar-refractivity contribution is 5.45. The summed E-state index contributed by atoms with van der Waals surface area (Å²) in [6.45, 7) is 6.01. The molecule has 72 valence electrons. The summed E-state index contributed by atoms with van der Waals surface area (Å²) >= 11 is 0. The van der Waals surface area contributed by atoms with E-state index in [9.17, 15) is 0 Å². The lowest BCUT2D eigenvalue weighted by Crippen LogP contribution is -2.06. The number of para-hydroxylation sites is 1. The number of hydrogen-bond donors (Lipinski definition) is 0. The van der Waals surface area contributed by atoms with Crippen LogP contribution in [-0.2, 0) is 0 Å². The Balaban J connectivity index is 2.98. The van der Waals surface area contributed by atoms with Crippen molar-refractivity contribution in [1.29, 1.82) is 0 Å². The highest BCUT2D eigenvalue weighted by Gasteiger charge is 2.07. The molecule has 0 heterocycles. The van der Waals surface area contributed by atoms with Crippen molar-refractivity contribution in [2.75, 3.05) is 7.11 Å². The van der Waals surface area contributed by atoms with Crippen molar-refractivity contribution < 1.29 is 9.47 Å². The summed E-state index contributed by atoms with van der Waals surface area (Å²) in [6, 6.07) is 5.90. The standard InChI is InChI=1S/C11H16O2/c1-8(2)13-10-7-5-6-9(3)11(10)12-4/h5-8H,1-4H3. The summed E-state index contributed by atoms with van der Waals surface area (Å²) in [6.07, 6.45) is 0.177. The van der Waals surface area contributed by atoms with Crippen LogP contribution in [0.4, 0.5) is 0 Å². The molecule has 2 heteroatoms.